The summed E-state index contributed by atoms with van der Waals surface area (Å²) in [6.07, 6.45) is 1.87. The van der Waals surface area contributed by atoms with E-state index in [1.54, 1.807) is 12.1 Å². The number of benzene rings is 1. The zero-order valence-electron chi connectivity index (χ0n) is 9.30. The molecule has 0 fully saturated rings. The molecule has 1 aromatic rings. The summed E-state index contributed by atoms with van der Waals surface area (Å²) in [4.78, 5) is 11.9. The molecule has 0 bridgehead atoms. The van der Waals surface area contributed by atoms with Crippen LogP contribution in [0.3, 0.4) is 0 Å². The predicted molar refractivity (Wildman–Crippen MR) is 63.8 cm³/mol. The highest BCUT2D eigenvalue weighted by Gasteiger charge is 2.27. The van der Waals surface area contributed by atoms with E-state index in [1.165, 1.54) is 11.8 Å². The third kappa shape index (κ3) is 2.05. The lowest BCUT2D eigenvalue weighted by atomic mass is 9.99. The van der Waals surface area contributed by atoms with Gasteiger partial charge in [0.25, 0.3) is 0 Å². The summed E-state index contributed by atoms with van der Waals surface area (Å²) in [6.45, 7) is 0.231. The topological polar surface area (TPSA) is 81.8 Å². The highest BCUT2D eigenvalue weighted by molar-refractivity contribution is 7.98. The summed E-state index contributed by atoms with van der Waals surface area (Å²) in [6, 6.07) is 3.47. The number of hydrogen-bond acceptors (Lipinski definition) is 5. The second kappa shape index (κ2) is 4.85. The van der Waals surface area contributed by atoms with Gasteiger partial charge in [0.15, 0.2) is 11.5 Å². The van der Waals surface area contributed by atoms with Gasteiger partial charge in [-0.15, -0.1) is 11.8 Å². The number of carboxylic acid groups (broad SMARTS) is 1. The SMILES string of the molecule is CSc1c(C(CN)C(=O)O)ccc2c1OCO2. The van der Waals surface area contributed by atoms with Gasteiger partial charge in [-0.05, 0) is 17.9 Å². The predicted octanol–water partition coefficient (Wildman–Crippen LogP) is 1.26. The van der Waals surface area contributed by atoms with Crippen molar-refractivity contribution in [2.45, 2.75) is 10.8 Å². The minimum Gasteiger partial charge on any atom is -0.481 e. The van der Waals surface area contributed by atoms with Crippen molar-refractivity contribution in [3.63, 3.8) is 0 Å². The lowest BCUT2D eigenvalue weighted by Gasteiger charge is -2.15. The summed E-state index contributed by atoms with van der Waals surface area (Å²) in [5, 5.41) is 9.13. The number of hydrogen-bond donors (Lipinski definition) is 2. The highest BCUT2D eigenvalue weighted by atomic mass is 32.2. The van der Waals surface area contributed by atoms with Crippen LogP contribution in [0.25, 0.3) is 0 Å². The molecule has 17 heavy (non-hydrogen) atoms. The van der Waals surface area contributed by atoms with Gasteiger partial charge in [0.05, 0.1) is 10.8 Å². The van der Waals surface area contributed by atoms with Crippen molar-refractivity contribution in [2.24, 2.45) is 5.73 Å². The fourth-order valence-electron chi connectivity index (χ4n) is 1.81. The fourth-order valence-corrected chi connectivity index (χ4v) is 2.60. The summed E-state index contributed by atoms with van der Waals surface area (Å²) in [5.41, 5.74) is 6.19. The quantitative estimate of drug-likeness (QED) is 0.788. The molecule has 1 aromatic carbocycles. The Labute approximate surface area is 103 Å². The molecule has 0 aromatic heterocycles. The molecule has 1 aliphatic rings. The first kappa shape index (κ1) is 12.1. The van der Waals surface area contributed by atoms with Gasteiger partial charge in [-0.25, -0.2) is 0 Å². The van der Waals surface area contributed by atoms with Crippen LogP contribution in [-0.2, 0) is 4.79 Å². The Morgan fingerprint density at radius 2 is 2.35 bits per heavy atom. The van der Waals surface area contributed by atoms with Crippen molar-refractivity contribution in [2.75, 3.05) is 19.6 Å². The van der Waals surface area contributed by atoms with Crippen LogP contribution in [0.5, 0.6) is 11.5 Å². The highest BCUT2D eigenvalue weighted by Crippen LogP contribution is 2.44. The second-order valence-corrected chi connectivity index (χ2v) is 4.36. The summed E-state index contributed by atoms with van der Waals surface area (Å²) in [5.74, 6) is -0.373. The maximum Gasteiger partial charge on any atom is 0.312 e. The van der Waals surface area contributed by atoms with Gasteiger partial charge < -0.3 is 20.3 Å². The lowest BCUT2D eigenvalue weighted by molar-refractivity contribution is -0.138. The molecule has 0 saturated heterocycles. The number of aliphatic carboxylic acids is 1. The van der Waals surface area contributed by atoms with Crippen molar-refractivity contribution < 1.29 is 19.4 Å². The molecule has 0 spiro atoms. The molecule has 2 rings (SSSR count). The third-order valence-electron chi connectivity index (χ3n) is 2.64. The molecule has 0 saturated carbocycles. The van der Waals surface area contributed by atoms with Crippen LogP contribution in [-0.4, -0.2) is 30.7 Å². The minimum atomic E-state index is -0.929. The van der Waals surface area contributed by atoms with E-state index in [-0.39, 0.29) is 13.3 Å². The normalized spacial score (nSPS) is 14.7. The van der Waals surface area contributed by atoms with Crippen LogP contribution < -0.4 is 15.2 Å². The number of fused-ring (bicyclic) bond motifs is 1. The van der Waals surface area contributed by atoms with Gasteiger partial charge >= 0.3 is 5.97 Å². The number of ether oxygens (including phenoxy) is 2. The molecule has 1 atom stereocenters. The minimum absolute atomic E-state index is 0.0581. The van der Waals surface area contributed by atoms with Gasteiger partial charge in [-0.3, -0.25) is 4.79 Å². The van der Waals surface area contributed by atoms with Gasteiger partial charge in [-0.1, -0.05) is 6.07 Å². The molecule has 5 nitrogen and oxygen atoms in total. The zero-order chi connectivity index (χ0) is 12.4. The molecule has 0 amide bonds. The Morgan fingerprint density at radius 3 is 2.94 bits per heavy atom. The fraction of sp³-hybridized carbons (Fsp3) is 0.364. The van der Waals surface area contributed by atoms with Crippen LogP contribution in [0.15, 0.2) is 17.0 Å². The summed E-state index contributed by atoms with van der Waals surface area (Å²) in [7, 11) is 0. The van der Waals surface area contributed by atoms with E-state index in [1.807, 2.05) is 6.26 Å². The Balaban J connectivity index is 2.51. The van der Waals surface area contributed by atoms with Crippen molar-refractivity contribution in [1.82, 2.24) is 0 Å². The molecule has 1 aliphatic heterocycles. The second-order valence-electron chi connectivity index (χ2n) is 3.55. The molecule has 1 unspecified atom stereocenters. The van der Waals surface area contributed by atoms with Crippen LogP contribution in [0.2, 0.25) is 0 Å². The van der Waals surface area contributed by atoms with Crippen LogP contribution >= 0.6 is 11.8 Å². The first-order valence-corrected chi connectivity index (χ1v) is 6.30. The molecule has 6 heteroatoms. The van der Waals surface area contributed by atoms with Crippen LogP contribution in [0.1, 0.15) is 11.5 Å². The average molecular weight is 255 g/mol. The van der Waals surface area contributed by atoms with Gasteiger partial charge in [0, 0.05) is 6.54 Å². The molecular weight excluding hydrogens is 242 g/mol. The molecule has 0 aliphatic carbocycles. The summed E-state index contributed by atoms with van der Waals surface area (Å²) >= 11 is 1.44. The van der Waals surface area contributed by atoms with Crippen molar-refractivity contribution in [3.8, 4) is 11.5 Å². The standard InChI is InChI=1S/C11H13NO4S/c1-17-10-6(7(4-12)11(13)14)2-3-8-9(10)16-5-15-8/h2-3,7H,4-5,12H2,1H3,(H,13,14). The van der Waals surface area contributed by atoms with Crippen molar-refractivity contribution >= 4 is 17.7 Å². The number of carbonyl (C=O) groups is 1. The number of thioether (sulfide) groups is 1. The maximum atomic E-state index is 11.1. The lowest BCUT2D eigenvalue weighted by Crippen LogP contribution is -2.21. The van der Waals surface area contributed by atoms with Gasteiger partial charge in [0.1, 0.15) is 0 Å². The Morgan fingerprint density at radius 1 is 1.59 bits per heavy atom. The number of rotatable bonds is 4. The average Bonchev–Trinajstić information content (AvgIpc) is 2.77. The van der Waals surface area contributed by atoms with E-state index in [4.69, 9.17) is 20.3 Å². The van der Waals surface area contributed by atoms with Crippen LogP contribution in [0, 0.1) is 0 Å². The Kier molecular flexibility index (Phi) is 3.44. The van der Waals surface area contributed by atoms with E-state index in [9.17, 15) is 4.79 Å². The van der Waals surface area contributed by atoms with Gasteiger partial charge in [-0.2, -0.15) is 0 Å². The molecule has 1 heterocycles. The number of nitrogens with two attached hydrogens (primary N) is 1. The monoisotopic (exact) mass is 255 g/mol. The van der Waals surface area contributed by atoms with E-state index < -0.39 is 11.9 Å². The first-order valence-electron chi connectivity index (χ1n) is 5.08. The Bertz CT molecular complexity index is 449. The summed E-state index contributed by atoms with van der Waals surface area (Å²) < 4.78 is 10.6. The molecular formula is C11H13NO4S. The Hall–Kier alpha value is -1.40. The molecule has 0 radical (unpaired) electrons. The first-order chi connectivity index (χ1) is 8.19. The third-order valence-corrected chi connectivity index (χ3v) is 3.47. The van der Waals surface area contributed by atoms with E-state index in [0.29, 0.717) is 17.1 Å². The molecule has 92 valence electrons. The number of carboxylic acids is 1. The van der Waals surface area contributed by atoms with Crippen molar-refractivity contribution in [3.05, 3.63) is 17.7 Å². The smallest absolute Gasteiger partial charge is 0.312 e. The van der Waals surface area contributed by atoms with Crippen molar-refractivity contribution in [1.29, 1.82) is 0 Å². The zero-order valence-corrected chi connectivity index (χ0v) is 10.1. The van der Waals surface area contributed by atoms with E-state index in [2.05, 4.69) is 0 Å². The maximum absolute atomic E-state index is 11.1. The van der Waals surface area contributed by atoms with E-state index >= 15 is 0 Å². The largest absolute Gasteiger partial charge is 0.481 e. The van der Waals surface area contributed by atoms with E-state index in [0.717, 1.165) is 4.90 Å². The van der Waals surface area contributed by atoms with Gasteiger partial charge in [0.2, 0.25) is 6.79 Å². The van der Waals surface area contributed by atoms with Crippen LogP contribution in [0.4, 0.5) is 0 Å². The molecule has 3 N–H and O–H groups in total.